The maximum atomic E-state index is 11.6. The molecule has 0 spiro atoms. The van der Waals surface area contributed by atoms with Crippen LogP contribution in [0.2, 0.25) is 0 Å². The molecule has 0 saturated carbocycles. The minimum absolute atomic E-state index is 0.115. The second kappa shape index (κ2) is 8.91. The summed E-state index contributed by atoms with van der Waals surface area (Å²) in [7, 11) is 3.50. The molecule has 0 aromatic rings. The number of rotatable bonds is 7. The van der Waals surface area contributed by atoms with Crippen molar-refractivity contribution in [2.75, 3.05) is 33.7 Å². The van der Waals surface area contributed by atoms with E-state index >= 15 is 0 Å². The van der Waals surface area contributed by atoms with Gasteiger partial charge in [-0.05, 0) is 44.7 Å². The molecule has 5 nitrogen and oxygen atoms in total. The normalized spacial score (nSPS) is 16.1. The Kier molecular flexibility index (Phi) is 7.48. The summed E-state index contributed by atoms with van der Waals surface area (Å²) in [5, 5.41) is 6.22. The van der Waals surface area contributed by atoms with Crippen LogP contribution < -0.4 is 10.6 Å². The van der Waals surface area contributed by atoms with E-state index in [2.05, 4.69) is 10.6 Å². The molecule has 5 heteroatoms. The van der Waals surface area contributed by atoms with Crippen LogP contribution in [0.1, 0.15) is 38.5 Å². The first-order valence-corrected chi connectivity index (χ1v) is 7.27. The summed E-state index contributed by atoms with van der Waals surface area (Å²) in [5.74, 6) is 0.933. The second-order valence-electron chi connectivity index (χ2n) is 5.47. The zero-order valence-electron chi connectivity index (χ0n) is 12.2. The van der Waals surface area contributed by atoms with Gasteiger partial charge in [-0.1, -0.05) is 0 Å². The first kappa shape index (κ1) is 16.0. The Bertz CT molecular complexity index is 286. The van der Waals surface area contributed by atoms with Crippen molar-refractivity contribution in [3.8, 4) is 0 Å². The van der Waals surface area contributed by atoms with Gasteiger partial charge in [0.2, 0.25) is 11.8 Å². The van der Waals surface area contributed by atoms with E-state index in [0.29, 0.717) is 25.3 Å². The number of nitrogens with zero attached hydrogens (tertiary/aromatic N) is 1. The van der Waals surface area contributed by atoms with Crippen LogP contribution in [0.25, 0.3) is 0 Å². The van der Waals surface area contributed by atoms with Crippen molar-refractivity contribution in [1.29, 1.82) is 0 Å². The van der Waals surface area contributed by atoms with E-state index in [1.54, 1.807) is 19.0 Å². The molecule has 1 saturated heterocycles. The quantitative estimate of drug-likeness (QED) is 0.671. The number of piperidine rings is 1. The summed E-state index contributed by atoms with van der Waals surface area (Å²) in [4.78, 5) is 24.6. The molecule has 19 heavy (non-hydrogen) atoms. The van der Waals surface area contributed by atoms with E-state index in [1.807, 2.05) is 0 Å². The van der Waals surface area contributed by atoms with E-state index < -0.39 is 0 Å². The molecule has 110 valence electrons. The first-order chi connectivity index (χ1) is 9.09. The highest BCUT2D eigenvalue weighted by molar-refractivity contribution is 5.76. The van der Waals surface area contributed by atoms with Crippen LogP contribution in [-0.4, -0.2) is 50.4 Å². The fourth-order valence-corrected chi connectivity index (χ4v) is 2.29. The SMILES string of the molecule is CN(C)C(=O)CCCNC(=O)CCC1CCNCC1. The lowest BCUT2D eigenvalue weighted by molar-refractivity contribution is -0.129. The summed E-state index contributed by atoms with van der Waals surface area (Å²) in [6.45, 7) is 2.77. The molecule has 1 aliphatic heterocycles. The lowest BCUT2D eigenvalue weighted by Crippen LogP contribution is -2.30. The fraction of sp³-hybridized carbons (Fsp3) is 0.857. The summed E-state index contributed by atoms with van der Waals surface area (Å²) in [5.41, 5.74) is 0. The molecule has 0 aliphatic carbocycles. The third-order valence-electron chi connectivity index (χ3n) is 3.63. The Morgan fingerprint density at radius 2 is 1.89 bits per heavy atom. The van der Waals surface area contributed by atoms with Gasteiger partial charge < -0.3 is 15.5 Å². The number of hydrogen-bond donors (Lipinski definition) is 2. The summed E-state index contributed by atoms with van der Waals surface area (Å²) < 4.78 is 0. The molecule has 1 aliphatic rings. The Labute approximate surface area is 116 Å². The minimum Gasteiger partial charge on any atom is -0.356 e. The number of amides is 2. The molecule has 0 atom stereocenters. The van der Waals surface area contributed by atoms with Crippen LogP contribution >= 0.6 is 0 Å². The molecule has 1 fully saturated rings. The van der Waals surface area contributed by atoms with E-state index in [4.69, 9.17) is 0 Å². The highest BCUT2D eigenvalue weighted by Gasteiger charge is 2.14. The van der Waals surface area contributed by atoms with Gasteiger partial charge in [-0.2, -0.15) is 0 Å². The number of nitrogens with one attached hydrogen (secondary N) is 2. The van der Waals surface area contributed by atoms with Crippen LogP contribution in [0, 0.1) is 5.92 Å². The van der Waals surface area contributed by atoms with Crippen LogP contribution in [0.3, 0.4) is 0 Å². The molecule has 2 N–H and O–H groups in total. The Balaban J connectivity index is 2.00. The molecule has 0 aromatic heterocycles. The van der Waals surface area contributed by atoms with Gasteiger partial charge in [-0.3, -0.25) is 9.59 Å². The first-order valence-electron chi connectivity index (χ1n) is 7.27. The Morgan fingerprint density at radius 1 is 1.21 bits per heavy atom. The van der Waals surface area contributed by atoms with Crippen LogP contribution in [0.4, 0.5) is 0 Å². The maximum Gasteiger partial charge on any atom is 0.222 e. The maximum absolute atomic E-state index is 11.6. The van der Waals surface area contributed by atoms with Gasteiger partial charge in [0, 0.05) is 33.5 Å². The van der Waals surface area contributed by atoms with Gasteiger partial charge in [0.25, 0.3) is 0 Å². The van der Waals surface area contributed by atoms with Crippen molar-refractivity contribution >= 4 is 11.8 Å². The van der Waals surface area contributed by atoms with E-state index in [-0.39, 0.29) is 11.8 Å². The summed E-state index contributed by atoms with van der Waals surface area (Å²) in [6.07, 6.45) is 5.20. The number of carbonyl (C=O) groups is 2. The minimum atomic E-state index is 0.115. The van der Waals surface area contributed by atoms with Crippen molar-refractivity contribution < 1.29 is 9.59 Å². The van der Waals surface area contributed by atoms with Crippen molar-refractivity contribution in [2.24, 2.45) is 5.92 Å². The summed E-state index contributed by atoms with van der Waals surface area (Å²) >= 11 is 0. The van der Waals surface area contributed by atoms with E-state index in [9.17, 15) is 9.59 Å². The Morgan fingerprint density at radius 3 is 2.53 bits per heavy atom. The van der Waals surface area contributed by atoms with Crippen molar-refractivity contribution in [3.63, 3.8) is 0 Å². The molecular formula is C14H27N3O2. The standard InChI is InChI=1S/C14H27N3O2/c1-17(2)14(19)4-3-9-16-13(18)6-5-12-7-10-15-11-8-12/h12,15H,3-11H2,1-2H3,(H,16,18). The van der Waals surface area contributed by atoms with Gasteiger partial charge in [0.15, 0.2) is 0 Å². The third kappa shape index (κ3) is 7.15. The summed E-state index contributed by atoms with van der Waals surface area (Å²) in [6, 6.07) is 0. The molecule has 2 amide bonds. The zero-order valence-corrected chi connectivity index (χ0v) is 12.2. The number of hydrogen-bond acceptors (Lipinski definition) is 3. The van der Waals surface area contributed by atoms with Crippen LogP contribution in [-0.2, 0) is 9.59 Å². The lowest BCUT2D eigenvalue weighted by atomic mass is 9.93. The van der Waals surface area contributed by atoms with Gasteiger partial charge >= 0.3 is 0 Å². The van der Waals surface area contributed by atoms with Crippen molar-refractivity contribution in [3.05, 3.63) is 0 Å². The fourth-order valence-electron chi connectivity index (χ4n) is 2.29. The van der Waals surface area contributed by atoms with Crippen LogP contribution in [0.5, 0.6) is 0 Å². The predicted molar refractivity (Wildman–Crippen MR) is 75.8 cm³/mol. The van der Waals surface area contributed by atoms with E-state index in [1.165, 1.54) is 12.8 Å². The largest absolute Gasteiger partial charge is 0.356 e. The highest BCUT2D eigenvalue weighted by Crippen LogP contribution is 2.17. The second-order valence-corrected chi connectivity index (χ2v) is 5.47. The van der Waals surface area contributed by atoms with Gasteiger partial charge in [0.05, 0.1) is 0 Å². The lowest BCUT2D eigenvalue weighted by Gasteiger charge is -2.22. The molecule has 1 heterocycles. The third-order valence-corrected chi connectivity index (χ3v) is 3.63. The smallest absolute Gasteiger partial charge is 0.222 e. The van der Waals surface area contributed by atoms with Crippen LogP contribution in [0.15, 0.2) is 0 Å². The average Bonchev–Trinajstić information content (AvgIpc) is 2.42. The molecule has 0 bridgehead atoms. The molecule has 0 radical (unpaired) electrons. The highest BCUT2D eigenvalue weighted by atomic mass is 16.2. The monoisotopic (exact) mass is 269 g/mol. The molecule has 0 aromatic carbocycles. The Hall–Kier alpha value is -1.10. The number of carbonyl (C=O) groups excluding carboxylic acids is 2. The zero-order chi connectivity index (χ0) is 14.1. The van der Waals surface area contributed by atoms with Gasteiger partial charge in [-0.25, -0.2) is 0 Å². The average molecular weight is 269 g/mol. The topological polar surface area (TPSA) is 61.4 Å². The molecular weight excluding hydrogens is 242 g/mol. The van der Waals surface area contributed by atoms with E-state index in [0.717, 1.165) is 25.9 Å². The predicted octanol–water partition coefficient (Wildman–Crippen LogP) is 0.751. The molecule has 1 rings (SSSR count). The van der Waals surface area contributed by atoms with Gasteiger partial charge in [-0.15, -0.1) is 0 Å². The molecule has 0 unspecified atom stereocenters. The van der Waals surface area contributed by atoms with Crippen molar-refractivity contribution in [1.82, 2.24) is 15.5 Å². The van der Waals surface area contributed by atoms with Gasteiger partial charge in [0.1, 0.15) is 0 Å². The van der Waals surface area contributed by atoms with Crippen molar-refractivity contribution in [2.45, 2.75) is 38.5 Å².